The van der Waals surface area contributed by atoms with E-state index in [-0.39, 0.29) is 5.54 Å². The van der Waals surface area contributed by atoms with Gasteiger partial charge in [0.25, 0.3) is 0 Å². The smallest absolute Gasteiger partial charge is 0.140 e. The molecule has 0 amide bonds. The Hall–Kier alpha value is -0.610. The fourth-order valence-electron chi connectivity index (χ4n) is 1.33. The molecule has 1 aromatic heterocycles. The van der Waals surface area contributed by atoms with Crippen molar-refractivity contribution in [3.05, 3.63) is 12.2 Å². The standard InChI is InChI=1S/C10H19ClN4/c1-4-15-9(12-8-14-15)7-13-10(2,3)5-6-11/h8,13H,4-7H2,1-3H3. The summed E-state index contributed by atoms with van der Waals surface area (Å²) in [6.45, 7) is 7.93. The molecular formula is C10H19ClN4. The number of hydrogen-bond donors (Lipinski definition) is 1. The zero-order valence-electron chi connectivity index (χ0n) is 9.63. The van der Waals surface area contributed by atoms with E-state index >= 15 is 0 Å². The minimum atomic E-state index is 0.0479. The Kier molecular flexibility index (Phi) is 4.54. The summed E-state index contributed by atoms with van der Waals surface area (Å²) < 4.78 is 1.89. The molecule has 0 saturated carbocycles. The minimum absolute atomic E-state index is 0.0479. The van der Waals surface area contributed by atoms with E-state index in [0.717, 1.165) is 25.3 Å². The summed E-state index contributed by atoms with van der Waals surface area (Å²) in [5.74, 6) is 1.64. The third kappa shape index (κ3) is 3.80. The van der Waals surface area contributed by atoms with Crippen molar-refractivity contribution in [2.45, 2.75) is 45.8 Å². The molecule has 5 heteroatoms. The lowest BCUT2D eigenvalue weighted by Gasteiger charge is -2.25. The largest absolute Gasteiger partial charge is 0.305 e. The Morgan fingerprint density at radius 3 is 2.87 bits per heavy atom. The summed E-state index contributed by atoms with van der Waals surface area (Å²) in [7, 11) is 0. The van der Waals surface area contributed by atoms with Crippen LogP contribution in [0, 0.1) is 0 Å². The number of halogens is 1. The summed E-state index contributed by atoms with van der Waals surface area (Å²) in [5.41, 5.74) is 0.0479. The summed E-state index contributed by atoms with van der Waals surface area (Å²) in [6, 6.07) is 0. The number of aromatic nitrogens is 3. The van der Waals surface area contributed by atoms with Crippen LogP contribution in [0.2, 0.25) is 0 Å². The number of hydrogen-bond acceptors (Lipinski definition) is 3. The molecule has 4 nitrogen and oxygen atoms in total. The van der Waals surface area contributed by atoms with Gasteiger partial charge in [-0.15, -0.1) is 11.6 Å². The predicted molar refractivity (Wildman–Crippen MR) is 62.0 cm³/mol. The average molecular weight is 231 g/mol. The second-order valence-corrected chi connectivity index (χ2v) is 4.55. The van der Waals surface area contributed by atoms with Crippen LogP contribution in [0.15, 0.2) is 6.33 Å². The highest BCUT2D eigenvalue weighted by Crippen LogP contribution is 2.10. The first-order valence-electron chi connectivity index (χ1n) is 5.26. The van der Waals surface area contributed by atoms with Crippen LogP contribution in [0.1, 0.15) is 33.0 Å². The normalized spacial score (nSPS) is 12.0. The van der Waals surface area contributed by atoms with E-state index in [4.69, 9.17) is 11.6 Å². The first-order chi connectivity index (χ1) is 7.09. The summed E-state index contributed by atoms with van der Waals surface area (Å²) in [4.78, 5) is 4.21. The number of nitrogens with zero attached hydrogens (tertiary/aromatic N) is 3. The SMILES string of the molecule is CCn1ncnc1CNC(C)(C)CCCl. The molecule has 0 unspecified atom stereocenters. The lowest BCUT2D eigenvalue weighted by atomic mass is 10.0. The van der Waals surface area contributed by atoms with Crippen LogP contribution in [-0.2, 0) is 13.1 Å². The van der Waals surface area contributed by atoms with Crippen molar-refractivity contribution < 1.29 is 0 Å². The van der Waals surface area contributed by atoms with E-state index in [1.54, 1.807) is 6.33 Å². The highest BCUT2D eigenvalue weighted by atomic mass is 35.5. The van der Waals surface area contributed by atoms with Crippen LogP contribution in [0.5, 0.6) is 0 Å². The van der Waals surface area contributed by atoms with Crippen LogP contribution in [0.3, 0.4) is 0 Å². The van der Waals surface area contributed by atoms with Gasteiger partial charge in [-0.2, -0.15) is 5.10 Å². The van der Waals surface area contributed by atoms with E-state index in [0.29, 0.717) is 5.88 Å². The first kappa shape index (κ1) is 12.5. The highest BCUT2D eigenvalue weighted by Gasteiger charge is 2.16. The van der Waals surface area contributed by atoms with Crippen molar-refractivity contribution in [2.75, 3.05) is 5.88 Å². The maximum absolute atomic E-state index is 5.73. The first-order valence-corrected chi connectivity index (χ1v) is 5.80. The molecule has 0 aliphatic rings. The van der Waals surface area contributed by atoms with Crippen molar-refractivity contribution in [1.29, 1.82) is 0 Å². The topological polar surface area (TPSA) is 42.7 Å². The van der Waals surface area contributed by atoms with Gasteiger partial charge in [-0.05, 0) is 27.2 Å². The molecule has 15 heavy (non-hydrogen) atoms. The molecule has 0 atom stereocenters. The lowest BCUT2D eigenvalue weighted by molar-refractivity contribution is 0.366. The third-order valence-corrected chi connectivity index (χ3v) is 2.63. The summed E-state index contributed by atoms with van der Waals surface area (Å²) in [5, 5.41) is 7.55. The molecule has 0 aliphatic heterocycles. The molecule has 1 rings (SSSR count). The maximum atomic E-state index is 5.73. The molecule has 0 bridgehead atoms. The van der Waals surface area contributed by atoms with Gasteiger partial charge in [0.2, 0.25) is 0 Å². The minimum Gasteiger partial charge on any atom is -0.305 e. The number of nitrogens with one attached hydrogen (secondary N) is 1. The molecule has 0 radical (unpaired) electrons. The molecule has 86 valence electrons. The van der Waals surface area contributed by atoms with Crippen molar-refractivity contribution in [3.8, 4) is 0 Å². The number of alkyl halides is 1. The van der Waals surface area contributed by atoms with Gasteiger partial charge in [0, 0.05) is 18.0 Å². The van der Waals surface area contributed by atoms with E-state index in [2.05, 4.69) is 36.2 Å². The van der Waals surface area contributed by atoms with E-state index < -0.39 is 0 Å². The second kappa shape index (κ2) is 5.47. The van der Waals surface area contributed by atoms with Crippen LogP contribution in [-0.4, -0.2) is 26.2 Å². The number of rotatable bonds is 6. The number of aryl methyl sites for hydroxylation is 1. The van der Waals surface area contributed by atoms with E-state index in [9.17, 15) is 0 Å². The molecule has 0 spiro atoms. The van der Waals surface area contributed by atoms with Gasteiger partial charge < -0.3 is 5.32 Å². The van der Waals surface area contributed by atoms with Gasteiger partial charge in [-0.25, -0.2) is 9.67 Å². The van der Waals surface area contributed by atoms with E-state index in [1.165, 1.54) is 0 Å². The van der Waals surface area contributed by atoms with Crippen molar-refractivity contribution in [3.63, 3.8) is 0 Å². The van der Waals surface area contributed by atoms with Gasteiger partial charge in [0.15, 0.2) is 0 Å². The molecule has 0 aliphatic carbocycles. The molecular weight excluding hydrogens is 212 g/mol. The van der Waals surface area contributed by atoms with Crippen molar-refractivity contribution >= 4 is 11.6 Å². The molecule has 1 N–H and O–H groups in total. The predicted octanol–water partition coefficient (Wildman–Crippen LogP) is 1.80. The zero-order chi connectivity index (χ0) is 11.3. The van der Waals surface area contributed by atoms with Crippen LogP contribution >= 0.6 is 11.6 Å². The Bertz CT molecular complexity index is 295. The van der Waals surface area contributed by atoms with Gasteiger partial charge in [-0.3, -0.25) is 0 Å². The van der Waals surface area contributed by atoms with Crippen LogP contribution in [0.4, 0.5) is 0 Å². The highest BCUT2D eigenvalue weighted by molar-refractivity contribution is 6.17. The quantitative estimate of drug-likeness (QED) is 0.758. The Labute approximate surface area is 96.0 Å². The zero-order valence-corrected chi connectivity index (χ0v) is 10.4. The fraction of sp³-hybridized carbons (Fsp3) is 0.800. The average Bonchev–Trinajstić information content (AvgIpc) is 2.62. The molecule has 0 saturated heterocycles. The van der Waals surface area contributed by atoms with Gasteiger partial charge in [0.1, 0.15) is 12.2 Å². The Morgan fingerprint density at radius 2 is 2.27 bits per heavy atom. The fourth-order valence-corrected chi connectivity index (χ4v) is 1.80. The Morgan fingerprint density at radius 1 is 1.53 bits per heavy atom. The van der Waals surface area contributed by atoms with Crippen LogP contribution < -0.4 is 5.32 Å². The molecule has 1 aromatic rings. The molecule has 1 heterocycles. The summed E-state index contributed by atoms with van der Waals surface area (Å²) >= 11 is 5.73. The van der Waals surface area contributed by atoms with Gasteiger partial charge in [0.05, 0.1) is 6.54 Å². The second-order valence-electron chi connectivity index (χ2n) is 4.17. The molecule has 0 aromatic carbocycles. The summed E-state index contributed by atoms with van der Waals surface area (Å²) in [6.07, 6.45) is 2.53. The van der Waals surface area contributed by atoms with Gasteiger partial charge in [-0.1, -0.05) is 0 Å². The van der Waals surface area contributed by atoms with E-state index in [1.807, 2.05) is 4.68 Å². The third-order valence-electron chi connectivity index (χ3n) is 2.44. The van der Waals surface area contributed by atoms with Crippen molar-refractivity contribution in [1.82, 2.24) is 20.1 Å². The Balaban J connectivity index is 2.49. The van der Waals surface area contributed by atoms with Gasteiger partial charge >= 0.3 is 0 Å². The maximum Gasteiger partial charge on any atom is 0.140 e. The monoisotopic (exact) mass is 230 g/mol. The molecule has 0 fully saturated rings. The van der Waals surface area contributed by atoms with Crippen molar-refractivity contribution in [2.24, 2.45) is 0 Å². The van der Waals surface area contributed by atoms with Crippen LogP contribution in [0.25, 0.3) is 0 Å². The lowest BCUT2D eigenvalue weighted by Crippen LogP contribution is -2.39.